The van der Waals surface area contributed by atoms with Crippen LogP contribution >= 0.6 is 11.8 Å². The first-order valence-electron chi connectivity index (χ1n) is 9.03. The second kappa shape index (κ2) is 7.90. The minimum Gasteiger partial charge on any atom is -0.494 e. The second-order valence-electron chi connectivity index (χ2n) is 6.35. The van der Waals surface area contributed by atoms with Gasteiger partial charge in [-0.25, -0.2) is 0 Å². The van der Waals surface area contributed by atoms with Crippen LogP contribution in [0, 0.1) is 6.92 Å². The van der Waals surface area contributed by atoms with Crippen LogP contribution in [0.15, 0.2) is 70.9 Å². The summed E-state index contributed by atoms with van der Waals surface area (Å²) in [5.74, 6) is 1.54. The quantitative estimate of drug-likeness (QED) is 0.466. The molecule has 0 atom stereocenters. The molecule has 7 heteroatoms. The summed E-state index contributed by atoms with van der Waals surface area (Å²) in [6.45, 7) is 4.61. The van der Waals surface area contributed by atoms with Gasteiger partial charge in [-0.1, -0.05) is 41.6 Å². The molecule has 142 valence electrons. The predicted octanol–water partition coefficient (Wildman–Crippen LogP) is 3.88. The van der Waals surface area contributed by atoms with E-state index in [0.29, 0.717) is 17.4 Å². The molecule has 6 nitrogen and oxygen atoms in total. The van der Waals surface area contributed by atoms with Crippen molar-refractivity contribution >= 4 is 17.4 Å². The number of rotatable bonds is 6. The van der Waals surface area contributed by atoms with Crippen molar-refractivity contribution in [3.63, 3.8) is 0 Å². The molecule has 0 amide bonds. The van der Waals surface area contributed by atoms with Gasteiger partial charge in [0, 0.05) is 23.8 Å². The van der Waals surface area contributed by atoms with E-state index in [1.54, 1.807) is 26.9 Å². The Morgan fingerprint density at radius 3 is 2.46 bits per heavy atom. The highest BCUT2D eigenvalue weighted by molar-refractivity contribution is 7.98. The zero-order valence-corrected chi connectivity index (χ0v) is 16.5. The number of ether oxygens (including phenoxy) is 1. The lowest BCUT2D eigenvalue weighted by Gasteiger charge is -2.08. The van der Waals surface area contributed by atoms with E-state index in [0.717, 1.165) is 17.2 Å². The highest BCUT2D eigenvalue weighted by Gasteiger charge is 2.12. The molecular formula is C21H20N4O2S. The van der Waals surface area contributed by atoms with Gasteiger partial charge in [-0.3, -0.25) is 13.8 Å². The number of fused-ring (bicyclic) bond motifs is 1. The monoisotopic (exact) mass is 392 g/mol. The molecule has 0 unspecified atom stereocenters. The van der Waals surface area contributed by atoms with Crippen molar-refractivity contribution in [2.45, 2.75) is 24.8 Å². The van der Waals surface area contributed by atoms with Gasteiger partial charge in [0.15, 0.2) is 5.16 Å². The first kappa shape index (κ1) is 18.3. The lowest BCUT2D eigenvalue weighted by atomic mass is 10.2. The Labute approximate surface area is 166 Å². The first-order chi connectivity index (χ1) is 13.7. The van der Waals surface area contributed by atoms with E-state index >= 15 is 0 Å². The van der Waals surface area contributed by atoms with Crippen molar-refractivity contribution in [2.24, 2.45) is 0 Å². The molecule has 2 heterocycles. The van der Waals surface area contributed by atoms with Gasteiger partial charge in [-0.15, -0.1) is 10.2 Å². The summed E-state index contributed by atoms with van der Waals surface area (Å²) in [6, 6.07) is 15.8. The maximum atomic E-state index is 12.9. The SMILES string of the molecule is CCOc1ccc(-n2ccn3c(SCc4ccc(C)cc4)nnc3c2=O)cc1. The predicted molar refractivity (Wildman–Crippen MR) is 110 cm³/mol. The Hall–Kier alpha value is -3.06. The number of aromatic nitrogens is 4. The normalized spacial score (nSPS) is 11.1. The molecule has 0 radical (unpaired) electrons. The third kappa shape index (κ3) is 3.66. The third-order valence-electron chi connectivity index (χ3n) is 4.35. The van der Waals surface area contributed by atoms with Crippen LogP contribution in [0.3, 0.4) is 0 Å². The van der Waals surface area contributed by atoms with E-state index in [-0.39, 0.29) is 5.56 Å². The average molecular weight is 392 g/mol. The van der Waals surface area contributed by atoms with Crippen molar-refractivity contribution < 1.29 is 4.74 Å². The number of hydrogen-bond donors (Lipinski definition) is 0. The molecule has 0 spiro atoms. The molecule has 2 aromatic carbocycles. The fourth-order valence-corrected chi connectivity index (χ4v) is 3.74. The van der Waals surface area contributed by atoms with Crippen molar-refractivity contribution in [1.29, 1.82) is 0 Å². The summed E-state index contributed by atoms with van der Waals surface area (Å²) in [6.07, 6.45) is 3.56. The fraction of sp³-hybridized carbons (Fsp3) is 0.190. The zero-order chi connectivity index (χ0) is 19.5. The van der Waals surface area contributed by atoms with Gasteiger partial charge >= 0.3 is 5.56 Å². The Morgan fingerprint density at radius 1 is 1.00 bits per heavy atom. The average Bonchev–Trinajstić information content (AvgIpc) is 3.13. The molecule has 4 rings (SSSR count). The number of nitrogens with zero attached hydrogens (tertiary/aromatic N) is 4. The van der Waals surface area contributed by atoms with Crippen molar-refractivity contribution in [2.75, 3.05) is 6.61 Å². The summed E-state index contributed by atoms with van der Waals surface area (Å²) in [5, 5.41) is 9.02. The Kier molecular flexibility index (Phi) is 5.16. The van der Waals surface area contributed by atoms with Gasteiger partial charge in [0.05, 0.1) is 6.61 Å². The fourth-order valence-electron chi connectivity index (χ4n) is 2.87. The van der Waals surface area contributed by atoms with E-state index < -0.39 is 0 Å². The van der Waals surface area contributed by atoms with E-state index in [2.05, 4.69) is 41.4 Å². The lowest BCUT2D eigenvalue weighted by molar-refractivity contribution is 0.340. The van der Waals surface area contributed by atoms with Crippen LogP contribution in [-0.2, 0) is 5.75 Å². The molecule has 0 bridgehead atoms. The molecule has 0 aliphatic rings. The number of benzene rings is 2. The summed E-state index contributed by atoms with van der Waals surface area (Å²) in [4.78, 5) is 12.9. The summed E-state index contributed by atoms with van der Waals surface area (Å²) in [5.41, 5.74) is 3.29. The second-order valence-corrected chi connectivity index (χ2v) is 7.29. The van der Waals surface area contributed by atoms with Crippen LogP contribution in [0.1, 0.15) is 18.1 Å². The van der Waals surface area contributed by atoms with E-state index in [9.17, 15) is 4.79 Å². The van der Waals surface area contributed by atoms with Crippen LogP contribution in [0.4, 0.5) is 0 Å². The number of aryl methyl sites for hydroxylation is 1. The van der Waals surface area contributed by atoms with Crippen molar-refractivity contribution in [3.05, 3.63) is 82.4 Å². The molecule has 0 saturated carbocycles. The third-order valence-corrected chi connectivity index (χ3v) is 5.37. The minimum atomic E-state index is -0.207. The van der Waals surface area contributed by atoms with E-state index in [1.165, 1.54) is 11.1 Å². The van der Waals surface area contributed by atoms with Crippen molar-refractivity contribution in [1.82, 2.24) is 19.2 Å². The smallest absolute Gasteiger partial charge is 0.300 e. The number of hydrogen-bond acceptors (Lipinski definition) is 5. The maximum Gasteiger partial charge on any atom is 0.300 e. The molecule has 28 heavy (non-hydrogen) atoms. The van der Waals surface area contributed by atoms with Crippen LogP contribution in [0.25, 0.3) is 11.3 Å². The molecule has 0 aliphatic heterocycles. The van der Waals surface area contributed by atoms with Gasteiger partial charge in [-0.05, 0) is 43.7 Å². The van der Waals surface area contributed by atoms with Crippen LogP contribution in [0.2, 0.25) is 0 Å². The standard InChI is InChI=1S/C21H20N4O2S/c1-3-27-18-10-8-17(9-11-18)24-12-13-25-19(20(24)26)22-23-21(25)28-14-16-6-4-15(2)5-7-16/h4-13H,3,14H2,1-2H3. The number of thioether (sulfide) groups is 1. The minimum absolute atomic E-state index is 0.207. The molecule has 0 fully saturated rings. The van der Waals surface area contributed by atoms with Crippen LogP contribution < -0.4 is 10.3 Å². The molecule has 0 aliphatic carbocycles. The van der Waals surface area contributed by atoms with E-state index in [1.807, 2.05) is 37.4 Å². The van der Waals surface area contributed by atoms with E-state index in [4.69, 9.17) is 4.74 Å². The van der Waals surface area contributed by atoms with Gasteiger partial charge < -0.3 is 4.74 Å². The highest BCUT2D eigenvalue weighted by atomic mass is 32.2. The Morgan fingerprint density at radius 2 is 1.75 bits per heavy atom. The molecule has 4 aromatic rings. The largest absolute Gasteiger partial charge is 0.494 e. The molecule has 2 aromatic heterocycles. The maximum absolute atomic E-state index is 12.9. The zero-order valence-electron chi connectivity index (χ0n) is 15.7. The van der Waals surface area contributed by atoms with Gasteiger partial charge in [-0.2, -0.15) is 0 Å². The summed E-state index contributed by atoms with van der Waals surface area (Å²) in [7, 11) is 0. The Balaban J connectivity index is 1.60. The summed E-state index contributed by atoms with van der Waals surface area (Å²) >= 11 is 1.56. The first-order valence-corrected chi connectivity index (χ1v) is 10.0. The Bertz CT molecular complexity index is 1150. The van der Waals surface area contributed by atoms with Gasteiger partial charge in [0.25, 0.3) is 0 Å². The molecular weight excluding hydrogens is 372 g/mol. The topological polar surface area (TPSA) is 61.4 Å². The highest BCUT2D eigenvalue weighted by Crippen LogP contribution is 2.21. The van der Waals surface area contributed by atoms with Crippen LogP contribution in [0.5, 0.6) is 5.75 Å². The van der Waals surface area contributed by atoms with Gasteiger partial charge in [0.2, 0.25) is 5.65 Å². The van der Waals surface area contributed by atoms with Crippen LogP contribution in [-0.4, -0.2) is 25.8 Å². The summed E-state index contributed by atoms with van der Waals surface area (Å²) < 4.78 is 8.76. The lowest BCUT2D eigenvalue weighted by Crippen LogP contribution is -2.20. The van der Waals surface area contributed by atoms with Gasteiger partial charge in [0.1, 0.15) is 5.75 Å². The molecule has 0 saturated heterocycles. The van der Waals surface area contributed by atoms with Crippen molar-refractivity contribution in [3.8, 4) is 11.4 Å². The molecule has 0 N–H and O–H groups in total.